The van der Waals surface area contributed by atoms with E-state index in [0.717, 1.165) is 34.1 Å². The van der Waals surface area contributed by atoms with Crippen LogP contribution < -0.4 is 14.8 Å². The standard InChI is InChI=1S/C21H20N2O2/c1-24-20-13-7-5-11-18(20)22-15-16-9-3-4-10-17(16)23-19-12-6-8-14-21(19)25-2/h3-15,23H,1-2H3. The number of nitrogens with zero attached hydrogens (tertiary/aromatic N) is 1. The zero-order chi connectivity index (χ0) is 17.5. The van der Waals surface area contributed by atoms with E-state index in [0.29, 0.717) is 0 Å². The van der Waals surface area contributed by atoms with Gasteiger partial charge in [0.25, 0.3) is 0 Å². The van der Waals surface area contributed by atoms with Crippen molar-refractivity contribution in [2.24, 2.45) is 4.99 Å². The topological polar surface area (TPSA) is 42.8 Å². The minimum Gasteiger partial charge on any atom is -0.495 e. The zero-order valence-electron chi connectivity index (χ0n) is 14.3. The number of nitrogens with one attached hydrogen (secondary N) is 1. The highest BCUT2D eigenvalue weighted by molar-refractivity contribution is 5.91. The monoisotopic (exact) mass is 332 g/mol. The Morgan fingerprint density at radius 1 is 0.720 bits per heavy atom. The van der Waals surface area contributed by atoms with E-state index in [1.54, 1.807) is 14.2 Å². The van der Waals surface area contributed by atoms with Gasteiger partial charge in [0.2, 0.25) is 0 Å². The summed E-state index contributed by atoms with van der Waals surface area (Å²) in [6, 6.07) is 23.5. The molecule has 0 bridgehead atoms. The van der Waals surface area contributed by atoms with Crippen molar-refractivity contribution in [3.05, 3.63) is 78.4 Å². The van der Waals surface area contributed by atoms with E-state index in [1.807, 2.05) is 79.0 Å². The Bertz CT molecular complexity index is 875. The second kappa shape index (κ2) is 8.02. The molecule has 0 fully saturated rings. The van der Waals surface area contributed by atoms with Gasteiger partial charge in [-0.15, -0.1) is 0 Å². The minimum atomic E-state index is 0.744. The fourth-order valence-corrected chi connectivity index (χ4v) is 2.49. The van der Waals surface area contributed by atoms with Gasteiger partial charge in [-0.05, 0) is 30.3 Å². The maximum Gasteiger partial charge on any atom is 0.144 e. The highest BCUT2D eigenvalue weighted by atomic mass is 16.5. The Balaban J connectivity index is 1.90. The van der Waals surface area contributed by atoms with Gasteiger partial charge in [0.1, 0.15) is 17.2 Å². The van der Waals surface area contributed by atoms with E-state index >= 15 is 0 Å². The minimum absolute atomic E-state index is 0.744. The van der Waals surface area contributed by atoms with Crippen LogP contribution in [0, 0.1) is 0 Å². The number of benzene rings is 3. The predicted molar refractivity (Wildman–Crippen MR) is 103 cm³/mol. The maximum atomic E-state index is 5.40. The molecule has 1 N–H and O–H groups in total. The molecule has 25 heavy (non-hydrogen) atoms. The van der Waals surface area contributed by atoms with E-state index in [4.69, 9.17) is 9.47 Å². The summed E-state index contributed by atoms with van der Waals surface area (Å²) in [5, 5.41) is 3.41. The fourth-order valence-electron chi connectivity index (χ4n) is 2.49. The number of para-hydroxylation sites is 5. The lowest BCUT2D eigenvalue weighted by Gasteiger charge is -2.12. The van der Waals surface area contributed by atoms with Crippen molar-refractivity contribution in [2.45, 2.75) is 0 Å². The first-order valence-corrected chi connectivity index (χ1v) is 7.98. The van der Waals surface area contributed by atoms with Gasteiger partial charge in [0, 0.05) is 17.5 Å². The number of anilines is 2. The van der Waals surface area contributed by atoms with Gasteiger partial charge in [-0.1, -0.05) is 42.5 Å². The van der Waals surface area contributed by atoms with Gasteiger partial charge in [-0.2, -0.15) is 0 Å². The van der Waals surface area contributed by atoms with Gasteiger partial charge in [0.15, 0.2) is 0 Å². The average molecular weight is 332 g/mol. The van der Waals surface area contributed by atoms with Gasteiger partial charge < -0.3 is 14.8 Å². The van der Waals surface area contributed by atoms with Gasteiger partial charge in [0.05, 0.1) is 19.9 Å². The summed E-state index contributed by atoms with van der Waals surface area (Å²) in [5.74, 6) is 1.54. The van der Waals surface area contributed by atoms with Crippen molar-refractivity contribution in [2.75, 3.05) is 19.5 Å². The lowest BCUT2D eigenvalue weighted by atomic mass is 10.1. The summed E-state index contributed by atoms with van der Waals surface area (Å²) >= 11 is 0. The summed E-state index contributed by atoms with van der Waals surface area (Å²) in [7, 11) is 3.31. The first-order chi connectivity index (χ1) is 12.3. The van der Waals surface area contributed by atoms with Gasteiger partial charge in [-0.25, -0.2) is 0 Å². The molecular weight excluding hydrogens is 312 g/mol. The maximum absolute atomic E-state index is 5.40. The van der Waals surface area contributed by atoms with Crippen molar-refractivity contribution in [1.29, 1.82) is 0 Å². The summed E-state index contributed by atoms with van der Waals surface area (Å²) in [5.41, 5.74) is 3.62. The first kappa shape index (κ1) is 16.6. The second-order valence-corrected chi connectivity index (χ2v) is 5.34. The average Bonchev–Trinajstić information content (AvgIpc) is 2.68. The SMILES string of the molecule is COc1ccccc1N=Cc1ccccc1Nc1ccccc1OC. The van der Waals surface area contributed by atoms with Crippen LogP contribution in [0.1, 0.15) is 5.56 Å². The van der Waals surface area contributed by atoms with Crippen LogP contribution >= 0.6 is 0 Å². The summed E-state index contributed by atoms with van der Waals surface area (Å²) in [6.07, 6.45) is 1.83. The van der Waals surface area contributed by atoms with Crippen molar-refractivity contribution < 1.29 is 9.47 Å². The molecule has 0 aliphatic heterocycles. The number of hydrogen-bond acceptors (Lipinski definition) is 4. The van der Waals surface area contributed by atoms with Crippen LogP contribution in [0.4, 0.5) is 17.1 Å². The molecule has 0 aromatic heterocycles. The molecule has 3 aromatic carbocycles. The third-order valence-electron chi connectivity index (χ3n) is 3.76. The summed E-state index contributed by atoms with van der Waals surface area (Å²) in [6.45, 7) is 0. The van der Waals surface area contributed by atoms with Gasteiger partial charge >= 0.3 is 0 Å². The number of methoxy groups -OCH3 is 2. The molecule has 3 rings (SSSR count). The smallest absolute Gasteiger partial charge is 0.144 e. The van der Waals surface area contributed by atoms with Crippen LogP contribution in [0.5, 0.6) is 11.5 Å². The number of hydrogen-bond donors (Lipinski definition) is 1. The molecule has 0 aliphatic carbocycles. The molecule has 3 aromatic rings. The molecule has 0 radical (unpaired) electrons. The van der Waals surface area contributed by atoms with E-state index in [1.165, 1.54) is 0 Å². The number of rotatable bonds is 6. The van der Waals surface area contributed by atoms with E-state index < -0.39 is 0 Å². The molecule has 0 saturated carbocycles. The van der Waals surface area contributed by atoms with Crippen LogP contribution in [0.15, 0.2) is 77.8 Å². The predicted octanol–water partition coefficient (Wildman–Crippen LogP) is 5.20. The Morgan fingerprint density at radius 3 is 2.08 bits per heavy atom. The molecule has 4 heteroatoms. The Kier molecular flexibility index (Phi) is 5.32. The summed E-state index contributed by atoms with van der Waals surface area (Å²) in [4.78, 5) is 4.57. The second-order valence-electron chi connectivity index (χ2n) is 5.34. The molecule has 0 atom stereocenters. The normalized spacial score (nSPS) is 10.6. The third kappa shape index (κ3) is 3.98. The molecule has 0 spiro atoms. The summed E-state index contributed by atoms with van der Waals surface area (Å²) < 4.78 is 10.7. The molecule has 0 amide bonds. The highest BCUT2D eigenvalue weighted by Gasteiger charge is 2.05. The Labute approximate surface area is 147 Å². The number of ether oxygens (including phenoxy) is 2. The van der Waals surface area contributed by atoms with Crippen molar-refractivity contribution in [3.8, 4) is 11.5 Å². The molecule has 0 heterocycles. The van der Waals surface area contributed by atoms with E-state index in [-0.39, 0.29) is 0 Å². The third-order valence-corrected chi connectivity index (χ3v) is 3.76. The van der Waals surface area contributed by atoms with Crippen LogP contribution in [0.3, 0.4) is 0 Å². The molecule has 0 unspecified atom stereocenters. The Hall–Kier alpha value is -3.27. The zero-order valence-corrected chi connectivity index (χ0v) is 14.3. The first-order valence-electron chi connectivity index (χ1n) is 7.98. The van der Waals surface area contributed by atoms with Crippen LogP contribution in [0.25, 0.3) is 0 Å². The van der Waals surface area contributed by atoms with Crippen molar-refractivity contribution in [1.82, 2.24) is 0 Å². The Morgan fingerprint density at radius 2 is 1.32 bits per heavy atom. The van der Waals surface area contributed by atoms with Crippen LogP contribution in [0.2, 0.25) is 0 Å². The van der Waals surface area contributed by atoms with Crippen LogP contribution in [-0.2, 0) is 0 Å². The van der Waals surface area contributed by atoms with Gasteiger partial charge in [-0.3, -0.25) is 4.99 Å². The van der Waals surface area contributed by atoms with E-state index in [2.05, 4.69) is 10.3 Å². The van der Waals surface area contributed by atoms with Crippen LogP contribution in [-0.4, -0.2) is 20.4 Å². The van der Waals surface area contributed by atoms with E-state index in [9.17, 15) is 0 Å². The lowest BCUT2D eigenvalue weighted by molar-refractivity contribution is 0.416. The number of aliphatic imine (C=N–C) groups is 1. The molecular formula is C21H20N2O2. The molecule has 0 aliphatic rings. The molecule has 0 saturated heterocycles. The lowest BCUT2D eigenvalue weighted by Crippen LogP contribution is -1.97. The molecule has 126 valence electrons. The largest absolute Gasteiger partial charge is 0.495 e. The van der Waals surface area contributed by atoms with Crippen molar-refractivity contribution in [3.63, 3.8) is 0 Å². The molecule has 4 nitrogen and oxygen atoms in total. The highest BCUT2D eigenvalue weighted by Crippen LogP contribution is 2.29. The van der Waals surface area contributed by atoms with Crippen molar-refractivity contribution >= 4 is 23.3 Å². The quantitative estimate of drug-likeness (QED) is 0.631. The fraction of sp³-hybridized carbons (Fsp3) is 0.0952.